The molecule has 2 aliphatic rings. The third kappa shape index (κ3) is 3.46. The molecule has 1 saturated carbocycles. The molecule has 0 radical (unpaired) electrons. The van der Waals surface area contributed by atoms with Crippen LogP contribution in [-0.2, 0) is 9.53 Å². The number of rotatable bonds is 3. The molecule has 5 nitrogen and oxygen atoms in total. The largest absolute Gasteiger partial charge is 0.381 e. The van der Waals surface area contributed by atoms with Gasteiger partial charge < -0.3 is 15.0 Å². The quantitative estimate of drug-likeness (QED) is 0.801. The number of hydrogen-bond donors (Lipinski definition) is 1. The van der Waals surface area contributed by atoms with E-state index in [0.717, 1.165) is 32.5 Å². The molecule has 0 spiro atoms. The predicted molar refractivity (Wildman–Crippen MR) is 75.1 cm³/mol. The molecule has 1 amide bonds. The van der Waals surface area contributed by atoms with Gasteiger partial charge in [-0.1, -0.05) is 0 Å². The van der Waals surface area contributed by atoms with Crippen molar-refractivity contribution >= 4 is 5.91 Å². The number of likely N-dealkylation sites (N-methyl/N-ethyl adjacent to an activating group) is 1. The number of piperazine rings is 1. The second kappa shape index (κ2) is 6.68. The van der Waals surface area contributed by atoms with Crippen molar-refractivity contribution in [1.82, 2.24) is 15.1 Å². The van der Waals surface area contributed by atoms with Gasteiger partial charge in [-0.3, -0.25) is 9.69 Å². The summed E-state index contributed by atoms with van der Waals surface area (Å²) in [6, 6.07) is 0.485. The third-order valence-electron chi connectivity index (χ3n) is 4.41. The van der Waals surface area contributed by atoms with Gasteiger partial charge in [-0.25, -0.2) is 0 Å². The van der Waals surface area contributed by atoms with Crippen LogP contribution >= 0.6 is 0 Å². The Morgan fingerprint density at radius 2 is 2.16 bits per heavy atom. The highest BCUT2D eigenvalue weighted by molar-refractivity contribution is 5.81. The Bertz CT molecular complexity index is 309. The fraction of sp³-hybridized carbons (Fsp3) is 0.929. The van der Waals surface area contributed by atoms with Gasteiger partial charge in [0.05, 0.1) is 6.10 Å². The standard InChI is InChI=1S/C14H27N3O2/c1-16(2)14(18)13-10-15-7-8-17(13)11-5-4-6-12(9-11)19-3/h11-13,15H,4-10H2,1-3H3. The van der Waals surface area contributed by atoms with Crippen LogP contribution in [0.4, 0.5) is 0 Å². The first-order valence-electron chi connectivity index (χ1n) is 7.34. The lowest BCUT2D eigenvalue weighted by Gasteiger charge is -2.44. The topological polar surface area (TPSA) is 44.8 Å². The molecular weight excluding hydrogens is 242 g/mol. The minimum Gasteiger partial charge on any atom is -0.381 e. The van der Waals surface area contributed by atoms with Gasteiger partial charge in [-0.15, -0.1) is 0 Å². The minimum absolute atomic E-state index is 0.00986. The number of methoxy groups -OCH3 is 1. The molecule has 1 aliphatic heterocycles. The van der Waals surface area contributed by atoms with E-state index in [-0.39, 0.29) is 11.9 Å². The van der Waals surface area contributed by atoms with E-state index in [1.807, 2.05) is 14.1 Å². The van der Waals surface area contributed by atoms with Crippen LogP contribution in [0.3, 0.4) is 0 Å². The van der Waals surface area contributed by atoms with E-state index < -0.39 is 0 Å². The maximum Gasteiger partial charge on any atom is 0.240 e. The number of carbonyl (C=O) groups excluding carboxylic acids is 1. The summed E-state index contributed by atoms with van der Waals surface area (Å²) in [7, 11) is 5.48. The van der Waals surface area contributed by atoms with Crippen LogP contribution in [0.5, 0.6) is 0 Å². The van der Waals surface area contributed by atoms with Crippen LogP contribution in [0.25, 0.3) is 0 Å². The molecule has 3 atom stereocenters. The number of hydrogen-bond acceptors (Lipinski definition) is 4. The van der Waals surface area contributed by atoms with Crippen molar-refractivity contribution in [3.8, 4) is 0 Å². The average Bonchev–Trinajstić information content (AvgIpc) is 2.46. The summed E-state index contributed by atoms with van der Waals surface area (Å²) >= 11 is 0. The second-order valence-corrected chi connectivity index (χ2v) is 5.87. The SMILES string of the molecule is COC1CCCC(N2CCNCC2C(=O)N(C)C)C1. The Morgan fingerprint density at radius 3 is 2.84 bits per heavy atom. The lowest BCUT2D eigenvalue weighted by molar-refractivity contribution is -0.137. The van der Waals surface area contributed by atoms with Gasteiger partial charge in [0.15, 0.2) is 0 Å². The molecule has 1 N–H and O–H groups in total. The van der Waals surface area contributed by atoms with Crippen molar-refractivity contribution in [2.24, 2.45) is 0 Å². The number of amides is 1. The summed E-state index contributed by atoms with van der Waals surface area (Å²) in [6.45, 7) is 2.71. The Balaban J connectivity index is 2.04. The van der Waals surface area contributed by atoms with E-state index >= 15 is 0 Å². The summed E-state index contributed by atoms with van der Waals surface area (Å²) < 4.78 is 5.52. The smallest absolute Gasteiger partial charge is 0.240 e. The zero-order valence-corrected chi connectivity index (χ0v) is 12.4. The molecule has 0 aromatic heterocycles. The zero-order chi connectivity index (χ0) is 13.8. The van der Waals surface area contributed by atoms with Crippen LogP contribution in [0.2, 0.25) is 0 Å². The van der Waals surface area contributed by atoms with Crippen LogP contribution in [0, 0.1) is 0 Å². The highest BCUT2D eigenvalue weighted by Gasteiger charge is 2.36. The molecule has 0 aromatic carbocycles. The number of carbonyl (C=O) groups is 1. The number of nitrogens with one attached hydrogen (secondary N) is 1. The second-order valence-electron chi connectivity index (χ2n) is 5.87. The van der Waals surface area contributed by atoms with E-state index in [9.17, 15) is 4.79 Å². The van der Waals surface area contributed by atoms with Crippen LogP contribution in [-0.4, -0.2) is 74.7 Å². The zero-order valence-electron chi connectivity index (χ0n) is 12.4. The van der Waals surface area contributed by atoms with Crippen LogP contribution < -0.4 is 5.32 Å². The fourth-order valence-corrected chi connectivity index (χ4v) is 3.32. The van der Waals surface area contributed by atoms with Gasteiger partial charge in [0.2, 0.25) is 5.91 Å². The van der Waals surface area contributed by atoms with Gasteiger partial charge in [-0.05, 0) is 25.7 Å². The molecular formula is C14H27N3O2. The number of ether oxygens (including phenoxy) is 1. The molecule has 19 heavy (non-hydrogen) atoms. The van der Waals surface area contributed by atoms with E-state index in [0.29, 0.717) is 12.1 Å². The summed E-state index contributed by atoms with van der Waals surface area (Å²) in [5.41, 5.74) is 0. The van der Waals surface area contributed by atoms with Gasteiger partial charge >= 0.3 is 0 Å². The summed E-state index contributed by atoms with van der Waals surface area (Å²) in [6.07, 6.45) is 4.98. The van der Waals surface area contributed by atoms with Crippen molar-refractivity contribution in [2.45, 2.75) is 43.9 Å². The van der Waals surface area contributed by atoms with E-state index in [4.69, 9.17) is 4.74 Å². The first kappa shape index (κ1) is 14.8. The maximum atomic E-state index is 12.3. The third-order valence-corrected chi connectivity index (χ3v) is 4.41. The van der Waals surface area contributed by atoms with Gasteiger partial charge in [0.25, 0.3) is 0 Å². The first-order valence-corrected chi connectivity index (χ1v) is 7.34. The summed E-state index contributed by atoms with van der Waals surface area (Å²) in [4.78, 5) is 16.4. The Hall–Kier alpha value is -0.650. The molecule has 1 heterocycles. The molecule has 1 saturated heterocycles. The molecule has 3 unspecified atom stereocenters. The van der Waals surface area contributed by atoms with Crippen molar-refractivity contribution in [1.29, 1.82) is 0 Å². The fourth-order valence-electron chi connectivity index (χ4n) is 3.32. The maximum absolute atomic E-state index is 12.3. The molecule has 5 heteroatoms. The van der Waals surface area contributed by atoms with E-state index in [1.165, 1.54) is 12.8 Å². The molecule has 0 bridgehead atoms. The molecule has 1 aliphatic carbocycles. The van der Waals surface area contributed by atoms with E-state index in [2.05, 4.69) is 10.2 Å². The van der Waals surface area contributed by atoms with Crippen LogP contribution in [0.1, 0.15) is 25.7 Å². The van der Waals surface area contributed by atoms with Gasteiger partial charge in [0.1, 0.15) is 6.04 Å². The Morgan fingerprint density at radius 1 is 1.37 bits per heavy atom. The highest BCUT2D eigenvalue weighted by Crippen LogP contribution is 2.27. The lowest BCUT2D eigenvalue weighted by Crippen LogP contribution is -2.61. The monoisotopic (exact) mass is 269 g/mol. The Labute approximate surface area is 116 Å². The van der Waals surface area contributed by atoms with Crippen molar-refractivity contribution in [3.05, 3.63) is 0 Å². The average molecular weight is 269 g/mol. The first-order chi connectivity index (χ1) is 9.13. The molecule has 110 valence electrons. The lowest BCUT2D eigenvalue weighted by atomic mass is 9.90. The molecule has 2 rings (SSSR count). The normalized spacial score (nSPS) is 33.1. The van der Waals surface area contributed by atoms with Crippen LogP contribution in [0.15, 0.2) is 0 Å². The summed E-state index contributed by atoms with van der Waals surface area (Å²) in [5, 5.41) is 3.34. The highest BCUT2D eigenvalue weighted by atomic mass is 16.5. The van der Waals surface area contributed by atoms with Gasteiger partial charge in [0, 0.05) is 46.9 Å². The number of nitrogens with zero attached hydrogens (tertiary/aromatic N) is 2. The predicted octanol–water partition coefficient (Wildman–Crippen LogP) is 0.306. The van der Waals surface area contributed by atoms with E-state index in [1.54, 1.807) is 12.0 Å². The van der Waals surface area contributed by atoms with Crippen molar-refractivity contribution < 1.29 is 9.53 Å². The summed E-state index contributed by atoms with van der Waals surface area (Å²) in [5.74, 6) is 0.215. The Kier molecular flexibility index (Phi) is 5.19. The minimum atomic E-state index is -0.00986. The van der Waals surface area contributed by atoms with Crippen molar-refractivity contribution in [3.63, 3.8) is 0 Å². The molecule has 0 aromatic rings. The van der Waals surface area contributed by atoms with Gasteiger partial charge in [-0.2, -0.15) is 0 Å². The van der Waals surface area contributed by atoms with Crippen molar-refractivity contribution in [2.75, 3.05) is 40.8 Å². The molecule has 2 fully saturated rings.